The molecule has 3 heterocycles. The Morgan fingerprint density at radius 1 is 0.943 bits per heavy atom. The number of rotatable bonds is 6. The lowest BCUT2D eigenvalue weighted by atomic mass is 10.1. The smallest absolute Gasteiger partial charge is 0.322 e. The largest absolute Gasteiger partial charge is 0.424 e. The zero-order valence-corrected chi connectivity index (χ0v) is 20.9. The van der Waals surface area contributed by atoms with Gasteiger partial charge in [0.2, 0.25) is 0 Å². The fourth-order valence-corrected chi connectivity index (χ4v) is 4.55. The van der Waals surface area contributed by atoms with Crippen molar-refractivity contribution >= 4 is 28.0 Å². The molecule has 1 aliphatic heterocycles. The van der Waals surface area contributed by atoms with Crippen LogP contribution in [0.3, 0.4) is 0 Å². The number of piperazine rings is 1. The molecule has 2 aromatic heterocycles. The van der Waals surface area contributed by atoms with Crippen molar-refractivity contribution in [2.45, 2.75) is 20.3 Å². The van der Waals surface area contributed by atoms with Gasteiger partial charge in [-0.25, -0.2) is 0 Å². The molecule has 180 valence electrons. The van der Waals surface area contributed by atoms with E-state index in [1.54, 1.807) is 12.4 Å². The van der Waals surface area contributed by atoms with Crippen LogP contribution in [-0.4, -0.2) is 60.1 Å². The minimum atomic E-state index is 0.330. The molecular weight excluding hydrogens is 436 g/mol. The highest BCUT2D eigenvalue weighted by Gasteiger charge is 2.18. The molecule has 0 aliphatic carbocycles. The van der Waals surface area contributed by atoms with E-state index in [0.29, 0.717) is 11.8 Å². The third kappa shape index (κ3) is 4.91. The maximum absolute atomic E-state index is 5.97. The van der Waals surface area contributed by atoms with Gasteiger partial charge in [-0.1, -0.05) is 13.0 Å². The minimum Gasteiger partial charge on any atom is -0.424 e. The highest BCUT2D eigenvalue weighted by Crippen LogP contribution is 2.32. The number of aromatic nitrogens is 3. The van der Waals surface area contributed by atoms with E-state index in [1.165, 1.54) is 16.9 Å². The first-order valence-corrected chi connectivity index (χ1v) is 12.2. The molecule has 1 aliphatic rings. The Morgan fingerprint density at radius 2 is 1.69 bits per heavy atom. The molecule has 0 radical (unpaired) electrons. The van der Waals surface area contributed by atoms with Gasteiger partial charge >= 0.3 is 6.01 Å². The molecule has 0 atom stereocenters. The van der Waals surface area contributed by atoms with Crippen LogP contribution in [0.25, 0.3) is 10.9 Å². The van der Waals surface area contributed by atoms with Crippen LogP contribution in [0.5, 0.6) is 11.8 Å². The fraction of sp³-hybridized carbons (Fsp3) is 0.321. The summed E-state index contributed by atoms with van der Waals surface area (Å²) in [5.74, 6) is 0.698. The van der Waals surface area contributed by atoms with E-state index in [1.807, 2.05) is 25.1 Å². The predicted molar refractivity (Wildman–Crippen MR) is 142 cm³/mol. The van der Waals surface area contributed by atoms with Crippen LogP contribution >= 0.6 is 0 Å². The van der Waals surface area contributed by atoms with Gasteiger partial charge in [-0.2, -0.15) is 9.97 Å². The molecule has 0 saturated carbocycles. The normalized spacial score (nSPS) is 14.3. The number of pyridine rings is 1. The van der Waals surface area contributed by atoms with Crippen molar-refractivity contribution in [3.63, 3.8) is 0 Å². The first-order chi connectivity index (χ1) is 17.0. The summed E-state index contributed by atoms with van der Waals surface area (Å²) in [7, 11) is 4.30. The van der Waals surface area contributed by atoms with E-state index in [9.17, 15) is 0 Å². The molecule has 0 N–H and O–H groups in total. The molecule has 2 aromatic carbocycles. The summed E-state index contributed by atoms with van der Waals surface area (Å²) >= 11 is 0. The molecule has 7 heteroatoms. The standard InChI is InChI=1S/C28H32N6O/c1-5-21-6-7-23(18-27(21)34-16-14-32(3)15-17-34)33(4)22-8-10-24(11-9-22)35-28-30-20(2)25-12-13-29-19-26(25)31-28/h6-13,18-19H,5,14-17H2,1-4H3. The predicted octanol–water partition coefficient (Wildman–Crippen LogP) is 5.21. The molecule has 1 saturated heterocycles. The highest BCUT2D eigenvalue weighted by molar-refractivity contribution is 5.79. The van der Waals surface area contributed by atoms with Gasteiger partial charge in [0.15, 0.2) is 0 Å². The number of likely N-dealkylation sites (N-methyl/N-ethyl adjacent to an activating group) is 1. The quantitative estimate of drug-likeness (QED) is 0.385. The zero-order chi connectivity index (χ0) is 24.4. The van der Waals surface area contributed by atoms with Crippen LogP contribution in [0.1, 0.15) is 18.2 Å². The van der Waals surface area contributed by atoms with E-state index < -0.39 is 0 Å². The number of hydrogen-bond donors (Lipinski definition) is 0. The highest BCUT2D eigenvalue weighted by atomic mass is 16.5. The lowest BCUT2D eigenvalue weighted by Crippen LogP contribution is -2.44. The Labute approximate surface area is 207 Å². The molecule has 0 unspecified atom stereocenters. The van der Waals surface area contributed by atoms with Gasteiger partial charge in [0.05, 0.1) is 17.4 Å². The Hall–Kier alpha value is -3.71. The van der Waals surface area contributed by atoms with Crippen LogP contribution in [0.4, 0.5) is 17.1 Å². The lowest BCUT2D eigenvalue weighted by Gasteiger charge is -2.36. The van der Waals surface area contributed by atoms with Gasteiger partial charge in [0.1, 0.15) is 5.75 Å². The summed E-state index contributed by atoms with van der Waals surface area (Å²) in [5.41, 5.74) is 6.66. The molecule has 5 rings (SSSR count). The van der Waals surface area contributed by atoms with Gasteiger partial charge < -0.3 is 19.4 Å². The number of hydrogen-bond acceptors (Lipinski definition) is 7. The third-order valence-corrected chi connectivity index (χ3v) is 6.78. The summed E-state index contributed by atoms with van der Waals surface area (Å²) in [5, 5.41) is 0.981. The second kappa shape index (κ2) is 9.88. The van der Waals surface area contributed by atoms with Crippen LogP contribution < -0.4 is 14.5 Å². The van der Waals surface area contributed by atoms with Gasteiger partial charge in [0, 0.05) is 61.9 Å². The van der Waals surface area contributed by atoms with E-state index in [0.717, 1.165) is 54.9 Å². The molecule has 0 spiro atoms. The van der Waals surface area contributed by atoms with Gasteiger partial charge in [0.25, 0.3) is 0 Å². The monoisotopic (exact) mass is 468 g/mol. The number of anilines is 3. The Bertz CT molecular complexity index is 1320. The number of ether oxygens (including phenoxy) is 1. The lowest BCUT2D eigenvalue weighted by molar-refractivity contribution is 0.312. The van der Waals surface area contributed by atoms with Gasteiger partial charge in [-0.05, 0) is 68.4 Å². The number of benzene rings is 2. The van der Waals surface area contributed by atoms with Crippen LogP contribution in [-0.2, 0) is 6.42 Å². The molecule has 0 bridgehead atoms. The van der Waals surface area contributed by atoms with Crippen molar-refractivity contribution in [2.75, 3.05) is 50.1 Å². The van der Waals surface area contributed by atoms with E-state index in [4.69, 9.17) is 4.74 Å². The average molecular weight is 469 g/mol. The van der Waals surface area contributed by atoms with E-state index >= 15 is 0 Å². The Morgan fingerprint density at radius 3 is 2.43 bits per heavy atom. The van der Waals surface area contributed by atoms with Gasteiger partial charge in [-0.3, -0.25) is 4.98 Å². The van der Waals surface area contributed by atoms with Crippen molar-refractivity contribution in [3.05, 3.63) is 72.2 Å². The first-order valence-electron chi connectivity index (χ1n) is 12.2. The van der Waals surface area contributed by atoms with Crippen LogP contribution in [0.2, 0.25) is 0 Å². The van der Waals surface area contributed by atoms with E-state index in [-0.39, 0.29) is 0 Å². The van der Waals surface area contributed by atoms with Crippen molar-refractivity contribution in [1.82, 2.24) is 19.9 Å². The van der Waals surface area contributed by atoms with Crippen molar-refractivity contribution in [2.24, 2.45) is 0 Å². The minimum absolute atomic E-state index is 0.330. The summed E-state index contributed by atoms with van der Waals surface area (Å²) in [4.78, 5) is 20.3. The van der Waals surface area contributed by atoms with Gasteiger partial charge in [-0.15, -0.1) is 0 Å². The van der Waals surface area contributed by atoms with E-state index in [2.05, 4.69) is 81.0 Å². The molecule has 1 fully saturated rings. The number of aryl methyl sites for hydroxylation is 2. The maximum atomic E-state index is 5.97. The summed E-state index contributed by atoms with van der Waals surface area (Å²) in [6, 6.07) is 17.1. The molecule has 7 nitrogen and oxygen atoms in total. The number of nitrogens with zero attached hydrogens (tertiary/aromatic N) is 6. The summed E-state index contributed by atoms with van der Waals surface area (Å²) in [6.45, 7) is 8.51. The van der Waals surface area contributed by atoms with Crippen molar-refractivity contribution in [3.8, 4) is 11.8 Å². The summed E-state index contributed by atoms with van der Waals surface area (Å²) in [6.07, 6.45) is 4.51. The third-order valence-electron chi connectivity index (χ3n) is 6.78. The Kier molecular flexibility index (Phi) is 6.51. The molecule has 35 heavy (non-hydrogen) atoms. The topological polar surface area (TPSA) is 57.6 Å². The summed E-state index contributed by atoms with van der Waals surface area (Å²) < 4.78 is 5.97. The van der Waals surface area contributed by atoms with Crippen LogP contribution in [0.15, 0.2) is 60.9 Å². The Balaban J connectivity index is 1.34. The second-order valence-electron chi connectivity index (χ2n) is 9.10. The second-order valence-corrected chi connectivity index (χ2v) is 9.10. The first kappa shape index (κ1) is 23.1. The van der Waals surface area contributed by atoms with Crippen LogP contribution in [0, 0.1) is 6.92 Å². The van der Waals surface area contributed by atoms with Crippen molar-refractivity contribution in [1.29, 1.82) is 0 Å². The van der Waals surface area contributed by atoms with Crippen molar-refractivity contribution < 1.29 is 4.74 Å². The fourth-order valence-electron chi connectivity index (χ4n) is 4.55. The molecule has 0 amide bonds. The number of fused-ring (bicyclic) bond motifs is 1. The average Bonchev–Trinajstić information content (AvgIpc) is 2.89. The zero-order valence-electron chi connectivity index (χ0n) is 20.9. The SMILES string of the molecule is CCc1ccc(N(C)c2ccc(Oc3nc(C)c4ccncc4n3)cc2)cc1N1CCN(C)CC1. The maximum Gasteiger partial charge on any atom is 0.322 e. The molecule has 4 aromatic rings. The molecular formula is C28H32N6O.